The normalized spacial score (nSPS) is 16.5. The summed E-state index contributed by atoms with van der Waals surface area (Å²) in [5.41, 5.74) is -0.523. The smallest absolute Gasteiger partial charge is 0.315 e. The van der Waals surface area contributed by atoms with E-state index in [-0.39, 0.29) is 5.97 Å². The molecule has 0 aromatic heterocycles. The SMILES string of the molecule is C=CC(C)(CC(C)CCC)C(=O)OCC. The van der Waals surface area contributed by atoms with E-state index in [1.165, 1.54) is 0 Å². The third kappa shape index (κ3) is 4.50. The maximum absolute atomic E-state index is 11.7. The molecule has 0 heterocycles. The van der Waals surface area contributed by atoms with Crippen LogP contribution in [0.3, 0.4) is 0 Å². The number of hydrogen-bond donors (Lipinski definition) is 0. The molecule has 0 spiro atoms. The fourth-order valence-corrected chi connectivity index (χ4v) is 1.86. The second-order valence-corrected chi connectivity index (χ2v) is 4.44. The summed E-state index contributed by atoms with van der Waals surface area (Å²) in [6.07, 6.45) is 4.83. The molecule has 0 aliphatic rings. The Morgan fingerprint density at radius 1 is 1.53 bits per heavy atom. The molecule has 0 amide bonds. The third-order valence-electron chi connectivity index (χ3n) is 2.75. The van der Waals surface area contributed by atoms with E-state index in [2.05, 4.69) is 20.4 Å². The Labute approximate surface area is 93.7 Å². The van der Waals surface area contributed by atoms with Gasteiger partial charge in [0.2, 0.25) is 0 Å². The molecule has 0 fully saturated rings. The lowest BCUT2D eigenvalue weighted by Crippen LogP contribution is -2.29. The lowest BCUT2D eigenvalue weighted by molar-refractivity contribution is -0.152. The molecule has 0 radical (unpaired) electrons. The van der Waals surface area contributed by atoms with Crippen molar-refractivity contribution in [3.63, 3.8) is 0 Å². The number of hydrogen-bond acceptors (Lipinski definition) is 2. The van der Waals surface area contributed by atoms with E-state index in [0.29, 0.717) is 12.5 Å². The highest BCUT2D eigenvalue weighted by atomic mass is 16.5. The Balaban J connectivity index is 4.42. The van der Waals surface area contributed by atoms with Gasteiger partial charge < -0.3 is 4.74 Å². The molecule has 0 bridgehead atoms. The summed E-state index contributed by atoms with van der Waals surface area (Å²) >= 11 is 0. The van der Waals surface area contributed by atoms with Crippen LogP contribution in [0.4, 0.5) is 0 Å². The summed E-state index contributed by atoms with van der Waals surface area (Å²) in [7, 11) is 0. The van der Waals surface area contributed by atoms with Crippen molar-refractivity contribution >= 4 is 5.97 Å². The first-order valence-electron chi connectivity index (χ1n) is 5.81. The summed E-state index contributed by atoms with van der Waals surface area (Å²) in [6.45, 7) is 12.3. The predicted molar refractivity (Wildman–Crippen MR) is 63.6 cm³/mol. The monoisotopic (exact) mass is 212 g/mol. The quantitative estimate of drug-likeness (QED) is 0.476. The van der Waals surface area contributed by atoms with Gasteiger partial charge in [-0.2, -0.15) is 0 Å². The van der Waals surface area contributed by atoms with E-state index in [1.807, 2.05) is 13.8 Å². The van der Waals surface area contributed by atoms with Gasteiger partial charge in [-0.25, -0.2) is 0 Å². The fraction of sp³-hybridized carbons (Fsp3) is 0.769. The van der Waals surface area contributed by atoms with Gasteiger partial charge in [-0.05, 0) is 26.2 Å². The van der Waals surface area contributed by atoms with Gasteiger partial charge in [0.25, 0.3) is 0 Å². The van der Waals surface area contributed by atoms with Crippen LogP contribution < -0.4 is 0 Å². The molecule has 0 aliphatic carbocycles. The van der Waals surface area contributed by atoms with Crippen LogP contribution in [0.5, 0.6) is 0 Å². The Bertz CT molecular complexity index is 211. The van der Waals surface area contributed by atoms with Gasteiger partial charge in [-0.3, -0.25) is 4.79 Å². The zero-order valence-electron chi connectivity index (χ0n) is 10.5. The summed E-state index contributed by atoms with van der Waals surface area (Å²) < 4.78 is 5.07. The topological polar surface area (TPSA) is 26.3 Å². The minimum Gasteiger partial charge on any atom is -0.465 e. The second kappa shape index (κ2) is 6.65. The predicted octanol–water partition coefficient (Wildman–Crippen LogP) is 3.57. The first-order valence-corrected chi connectivity index (χ1v) is 5.81. The Morgan fingerprint density at radius 3 is 2.53 bits per heavy atom. The minimum atomic E-state index is -0.523. The van der Waals surface area contributed by atoms with Gasteiger partial charge in [-0.15, -0.1) is 6.58 Å². The van der Waals surface area contributed by atoms with Crippen molar-refractivity contribution < 1.29 is 9.53 Å². The molecular formula is C13H24O2. The van der Waals surface area contributed by atoms with E-state index in [9.17, 15) is 4.79 Å². The average molecular weight is 212 g/mol. The first-order chi connectivity index (χ1) is 7.00. The van der Waals surface area contributed by atoms with Crippen LogP contribution in [0.15, 0.2) is 12.7 Å². The molecule has 88 valence electrons. The largest absolute Gasteiger partial charge is 0.465 e. The number of ether oxygens (including phenoxy) is 1. The number of rotatable bonds is 7. The van der Waals surface area contributed by atoms with Crippen LogP contribution in [-0.4, -0.2) is 12.6 Å². The van der Waals surface area contributed by atoms with Gasteiger partial charge in [-0.1, -0.05) is 32.8 Å². The van der Waals surface area contributed by atoms with Crippen molar-refractivity contribution in [2.24, 2.45) is 11.3 Å². The fourth-order valence-electron chi connectivity index (χ4n) is 1.86. The van der Waals surface area contributed by atoms with Crippen LogP contribution in [0, 0.1) is 11.3 Å². The molecule has 2 unspecified atom stereocenters. The zero-order chi connectivity index (χ0) is 11.9. The van der Waals surface area contributed by atoms with Gasteiger partial charge in [0.15, 0.2) is 0 Å². The molecule has 2 heteroatoms. The number of esters is 1. The lowest BCUT2D eigenvalue weighted by atomic mass is 9.80. The van der Waals surface area contributed by atoms with Crippen molar-refractivity contribution in [1.82, 2.24) is 0 Å². The molecule has 0 saturated carbocycles. The number of carbonyl (C=O) groups is 1. The van der Waals surface area contributed by atoms with Crippen LogP contribution in [0.1, 0.15) is 47.0 Å². The van der Waals surface area contributed by atoms with Gasteiger partial charge in [0.1, 0.15) is 0 Å². The molecule has 0 aliphatic heterocycles. The van der Waals surface area contributed by atoms with Crippen molar-refractivity contribution in [2.45, 2.75) is 47.0 Å². The van der Waals surface area contributed by atoms with Crippen LogP contribution in [-0.2, 0) is 9.53 Å². The van der Waals surface area contributed by atoms with Crippen molar-refractivity contribution in [1.29, 1.82) is 0 Å². The highest BCUT2D eigenvalue weighted by molar-refractivity contribution is 5.78. The van der Waals surface area contributed by atoms with Crippen LogP contribution >= 0.6 is 0 Å². The molecule has 2 atom stereocenters. The Hall–Kier alpha value is -0.790. The summed E-state index contributed by atoms with van der Waals surface area (Å²) in [5, 5.41) is 0. The average Bonchev–Trinajstić information content (AvgIpc) is 2.18. The van der Waals surface area contributed by atoms with Gasteiger partial charge >= 0.3 is 5.97 Å². The maximum Gasteiger partial charge on any atom is 0.315 e. The molecule has 2 nitrogen and oxygen atoms in total. The Kier molecular flexibility index (Phi) is 6.30. The third-order valence-corrected chi connectivity index (χ3v) is 2.75. The highest BCUT2D eigenvalue weighted by Crippen LogP contribution is 2.30. The van der Waals surface area contributed by atoms with Gasteiger partial charge in [0, 0.05) is 0 Å². The van der Waals surface area contributed by atoms with E-state index >= 15 is 0 Å². The van der Waals surface area contributed by atoms with E-state index < -0.39 is 5.41 Å². The molecule has 0 aromatic carbocycles. The second-order valence-electron chi connectivity index (χ2n) is 4.44. The maximum atomic E-state index is 11.7. The number of carbonyl (C=O) groups excluding carboxylic acids is 1. The summed E-state index contributed by atoms with van der Waals surface area (Å²) in [4.78, 5) is 11.7. The van der Waals surface area contributed by atoms with Crippen LogP contribution in [0.25, 0.3) is 0 Å². The van der Waals surface area contributed by atoms with E-state index in [0.717, 1.165) is 19.3 Å². The summed E-state index contributed by atoms with van der Waals surface area (Å²) in [5.74, 6) is 0.380. The molecular weight excluding hydrogens is 188 g/mol. The van der Waals surface area contributed by atoms with Crippen molar-refractivity contribution in [3.05, 3.63) is 12.7 Å². The highest BCUT2D eigenvalue weighted by Gasteiger charge is 2.32. The summed E-state index contributed by atoms with van der Waals surface area (Å²) in [6, 6.07) is 0. The molecule has 15 heavy (non-hydrogen) atoms. The molecule has 0 rings (SSSR count). The molecule has 0 aromatic rings. The molecule has 0 saturated heterocycles. The lowest BCUT2D eigenvalue weighted by Gasteiger charge is -2.26. The van der Waals surface area contributed by atoms with E-state index in [1.54, 1.807) is 6.08 Å². The van der Waals surface area contributed by atoms with Crippen LogP contribution in [0.2, 0.25) is 0 Å². The van der Waals surface area contributed by atoms with Crippen molar-refractivity contribution in [3.8, 4) is 0 Å². The first kappa shape index (κ1) is 14.2. The molecule has 0 N–H and O–H groups in total. The van der Waals surface area contributed by atoms with Gasteiger partial charge in [0.05, 0.1) is 12.0 Å². The minimum absolute atomic E-state index is 0.150. The van der Waals surface area contributed by atoms with E-state index in [4.69, 9.17) is 4.74 Å². The van der Waals surface area contributed by atoms with Crippen molar-refractivity contribution in [2.75, 3.05) is 6.61 Å². The standard InChI is InChI=1S/C13H24O2/c1-6-9-11(4)10-13(5,7-2)12(14)15-8-3/h7,11H,2,6,8-10H2,1,3-5H3. The Morgan fingerprint density at radius 2 is 2.13 bits per heavy atom. The zero-order valence-corrected chi connectivity index (χ0v) is 10.5.